The fraction of sp³-hybridized carbons (Fsp3) is 0.667. The largest absolute Gasteiger partial charge is 0.463 e. The molecule has 0 aromatic heterocycles. The van der Waals surface area contributed by atoms with E-state index in [9.17, 15) is 9.59 Å². The van der Waals surface area contributed by atoms with Gasteiger partial charge in [-0.15, -0.1) is 0 Å². The van der Waals surface area contributed by atoms with Gasteiger partial charge in [0.1, 0.15) is 0 Å². The molecule has 0 aliphatic rings. The molecule has 0 saturated heterocycles. The molecule has 0 fully saturated rings. The summed E-state index contributed by atoms with van der Waals surface area (Å²) in [5.41, 5.74) is 0. The highest BCUT2D eigenvalue weighted by Gasteiger charge is 2.15. The van der Waals surface area contributed by atoms with E-state index in [0.717, 1.165) is 12.5 Å². The molecule has 76 valence electrons. The molecule has 3 nitrogen and oxygen atoms in total. The molecule has 0 unspecified atom stereocenters. The summed E-state index contributed by atoms with van der Waals surface area (Å²) >= 11 is 0. The molecule has 0 radical (unpaired) electrons. The Bertz CT molecular complexity index is 182. The summed E-state index contributed by atoms with van der Waals surface area (Å²) in [4.78, 5) is 20.3. The Morgan fingerprint density at radius 3 is 2.62 bits per heavy atom. The first-order valence-corrected chi connectivity index (χ1v) is 7.63. The SMILES string of the molecule is CC=CC(=O)OCCC[Si](C)(C)O. The van der Waals surface area contributed by atoms with Crippen molar-refractivity contribution < 1.29 is 14.3 Å². The number of esters is 1. The molecule has 0 rings (SSSR count). The van der Waals surface area contributed by atoms with Crippen LogP contribution in [0, 0.1) is 0 Å². The molecule has 0 aliphatic carbocycles. The van der Waals surface area contributed by atoms with Crippen molar-refractivity contribution >= 4 is 14.3 Å². The van der Waals surface area contributed by atoms with Crippen molar-refractivity contribution in [3.8, 4) is 0 Å². The van der Waals surface area contributed by atoms with E-state index in [2.05, 4.69) is 0 Å². The Morgan fingerprint density at radius 2 is 2.15 bits per heavy atom. The van der Waals surface area contributed by atoms with Gasteiger partial charge in [0.2, 0.25) is 0 Å². The molecule has 0 saturated carbocycles. The second-order valence-electron chi connectivity index (χ2n) is 3.58. The smallest absolute Gasteiger partial charge is 0.330 e. The van der Waals surface area contributed by atoms with Crippen LogP contribution >= 0.6 is 0 Å². The monoisotopic (exact) mass is 202 g/mol. The lowest BCUT2D eigenvalue weighted by molar-refractivity contribution is -0.137. The van der Waals surface area contributed by atoms with Crippen LogP contribution in [0.4, 0.5) is 0 Å². The molecular weight excluding hydrogens is 184 g/mol. The van der Waals surface area contributed by atoms with Crippen molar-refractivity contribution in [3.63, 3.8) is 0 Å². The normalized spacial score (nSPS) is 12.0. The maximum absolute atomic E-state index is 10.8. The van der Waals surface area contributed by atoms with E-state index in [-0.39, 0.29) is 5.97 Å². The Labute approximate surface area is 80.5 Å². The minimum Gasteiger partial charge on any atom is -0.463 e. The van der Waals surface area contributed by atoms with E-state index in [1.807, 2.05) is 13.1 Å². The number of carbonyl (C=O) groups is 1. The van der Waals surface area contributed by atoms with Gasteiger partial charge in [-0.25, -0.2) is 4.79 Å². The van der Waals surface area contributed by atoms with E-state index in [0.29, 0.717) is 6.61 Å². The highest BCUT2D eigenvalue weighted by atomic mass is 28.4. The summed E-state index contributed by atoms with van der Waals surface area (Å²) in [7, 11) is -1.96. The summed E-state index contributed by atoms with van der Waals surface area (Å²) in [6.45, 7) is 5.92. The van der Waals surface area contributed by atoms with Gasteiger partial charge < -0.3 is 9.53 Å². The van der Waals surface area contributed by atoms with E-state index >= 15 is 0 Å². The van der Waals surface area contributed by atoms with Gasteiger partial charge in [-0.3, -0.25) is 0 Å². The van der Waals surface area contributed by atoms with Crippen LogP contribution in [0.3, 0.4) is 0 Å². The standard InChI is InChI=1S/C9H18O3Si/c1-4-6-9(10)12-7-5-8-13(2,3)11/h4,6,11H,5,7-8H2,1-3H3. The van der Waals surface area contributed by atoms with Crippen LogP contribution in [-0.2, 0) is 9.53 Å². The zero-order chi connectivity index (χ0) is 10.3. The van der Waals surface area contributed by atoms with Gasteiger partial charge in [-0.1, -0.05) is 6.08 Å². The Balaban J connectivity index is 3.41. The predicted octanol–water partition coefficient (Wildman–Crippen LogP) is 1.69. The molecule has 13 heavy (non-hydrogen) atoms. The van der Waals surface area contributed by atoms with Gasteiger partial charge in [0, 0.05) is 6.08 Å². The highest BCUT2D eigenvalue weighted by molar-refractivity contribution is 6.69. The van der Waals surface area contributed by atoms with Gasteiger partial charge in [-0.2, -0.15) is 0 Å². The number of rotatable bonds is 5. The van der Waals surface area contributed by atoms with Crippen molar-refractivity contribution in [2.75, 3.05) is 6.61 Å². The maximum Gasteiger partial charge on any atom is 0.330 e. The molecule has 0 spiro atoms. The third-order valence-electron chi connectivity index (χ3n) is 1.48. The number of hydrogen-bond donors (Lipinski definition) is 1. The second-order valence-corrected chi connectivity index (χ2v) is 7.71. The van der Waals surface area contributed by atoms with Gasteiger partial charge in [0.15, 0.2) is 8.32 Å². The topological polar surface area (TPSA) is 46.5 Å². The summed E-state index contributed by atoms with van der Waals surface area (Å²) in [6, 6.07) is 0.774. The first-order valence-electron chi connectivity index (χ1n) is 4.47. The molecule has 0 atom stereocenters. The minimum absolute atomic E-state index is 0.306. The molecule has 0 amide bonds. The number of ether oxygens (including phenoxy) is 1. The van der Waals surface area contributed by atoms with Crippen LogP contribution in [0.5, 0.6) is 0 Å². The Kier molecular flexibility index (Phi) is 5.66. The molecule has 1 N–H and O–H groups in total. The zero-order valence-corrected chi connectivity index (χ0v) is 9.54. The van der Waals surface area contributed by atoms with Crippen LogP contribution in [0.25, 0.3) is 0 Å². The van der Waals surface area contributed by atoms with Gasteiger partial charge in [0.05, 0.1) is 6.61 Å². The molecular formula is C9H18O3Si. The average molecular weight is 202 g/mol. The number of hydrogen-bond acceptors (Lipinski definition) is 3. The summed E-state index contributed by atoms with van der Waals surface area (Å²) in [5.74, 6) is -0.306. The first-order chi connectivity index (χ1) is 5.95. The first kappa shape index (κ1) is 12.4. The Hall–Kier alpha value is -0.613. The fourth-order valence-electron chi connectivity index (χ4n) is 0.862. The molecule has 0 aromatic carbocycles. The van der Waals surface area contributed by atoms with Crippen molar-refractivity contribution in [3.05, 3.63) is 12.2 Å². The van der Waals surface area contributed by atoms with E-state index < -0.39 is 8.32 Å². The van der Waals surface area contributed by atoms with Gasteiger partial charge in [-0.05, 0) is 32.5 Å². The van der Waals surface area contributed by atoms with Crippen LogP contribution in [0.15, 0.2) is 12.2 Å². The third kappa shape index (κ3) is 9.30. The fourth-order valence-corrected chi connectivity index (χ4v) is 1.87. The van der Waals surface area contributed by atoms with E-state index in [1.165, 1.54) is 6.08 Å². The van der Waals surface area contributed by atoms with Crippen LogP contribution in [-0.4, -0.2) is 25.7 Å². The van der Waals surface area contributed by atoms with Gasteiger partial charge in [0.25, 0.3) is 0 Å². The van der Waals surface area contributed by atoms with Crippen molar-refractivity contribution in [1.29, 1.82) is 0 Å². The van der Waals surface area contributed by atoms with E-state index in [4.69, 9.17) is 4.74 Å². The molecule has 0 aromatic rings. The summed E-state index contributed by atoms with van der Waals surface area (Å²) in [5, 5.41) is 0. The quantitative estimate of drug-likeness (QED) is 0.319. The van der Waals surface area contributed by atoms with Gasteiger partial charge >= 0.3 is 5.97 Å². The molecule has 4 heteroatoms. The zero-order valence-electron chi connectivity index (χ0n) is 8.54. The number of carbonyl (C=O) groups excluding carboxylic acids is 1. The summed E-state index contributed by atoms with van der Waals surface area (Å²) < 4.78 is 4.86. The summed E-state index contributed by atoms with van der Waals surface area (Å²) in [6.07, 6.45) is 3.79. The lowest BCUT2D eigenvalue weighted by Crippen LogP contribution is -2.24. The maximum atomic E-state index is 10.8. The van der Waals surface area contributed by atoms with E-state index in [1.54, 1.807) is 13.0 Å². The van der Waals surface area contributed by atoms with Crippen LogP contribution in [0.1, 0.15) is 13.3 Å². The average Bonchev–Trinajstić information content (AvgIpc) is 1.97. The Morgan fingerprint density at radius 1 is 1.54 bits per heavy atom. The van der Waals surface area contributed by atoms with Crippen molar-refractivity contribution in [2.45, 2.75) is 32.5 Å². The van der Waals surface area contributed by atoms with Crippen molar-refractivity contribution in [2.24, 2.45) is 0 Å². The molecule has 0 bridgehead atoms. The van der Waals surface area contributed by atoms with Crippen LogP contribution in [0.2, 0.25) is 19.1 Å². The molecule has 0 heterocycles. The van der Waals surface area contributed by atoms with Crippen LogP contribution < -0.4 is 0 Å². The lowest BCUT2D eigenvalue weighted by atomic mass is 10.5. The lowest BCUT2D eigenvalue weighted by Gasteiger charge is -2.12. The third-order valence-corrected chi connectivity index (χ3v) is 3.06. The predicted molar refractivity (Wildman–Crippen MR) is 54.9 cm³/mol. The second kappa shape index (κ2) is 5.94. The molecule has 0 aliphatic heterocycles. The number of allylic oxidation sites excluding steroid dienone is 1. The van der Waals surface area contributed by atoms with Crippen molar-refractivity contribution in [1.82, 2.24) is 0 Å². The minimum atomic E-state index is -1.96. The highest BCUT2D eigenvalue weighted by Crippen LogP contribution is 2.07.